The summed E-state index contributed by atoms with van der Waals surface area (Å²) in [5, 5.41) is 1.11. The van der Waals surface area contributed by atoms with Crippen molar-refractivity contribution < 1.29 is 9.53 Å². The van der Waals surface area contributed by atoms with Crippen LogP contribution in [0, 0.1) is 11.8 Å². The van der Waals surface area contributed by atoms with Crippen LogP contribution in [-0.4, -0.2) is 29.7 Å². The number of nitrogens with zero attached hydrogens (tertiary/aromatic N) is 1. The standard InChI is InChI=1S/C18H21Cl2NO2/c1-5-18(11-6-7-14(19)15(20)8-11)12-9-21(10-13(12)18)16(22)23-17(2,3)4/h5-8,12-13H,1,9-10H2,2-4H3/t12-,13+,18?. The average Bonchev–Trinajstić information content (AvgIpc) is 2.84. The van der Waals surface area contributed by atoms with Gasteiger partial charge < -0.3 is 9.64 Å². The molecule has 0 aromatic heterocycles. The third-order valence-electron chi connectivity index (χ3n) is 4.85. The van der Waals surface area contributed by atoms with Crippen LogP contribution in [0.5, 0.6) is 0 Å². The molecule has 3 nitrogen and oxygen atoms in total. The Morgan fingerprint density at radius 1 is 1.30 bits per heavy atom. The Morgan fingerprint density at radius 2 is 1.91 bits per heavy atom. The third kappa shape index (κ3) is 2.74. The number of allylic oxidation sites excluding steroid dienone is 1. The first-order valence-corrected chi connectivity index (χ1v) is 8.51. The summed E-state index contributed by atoms with van der Waals surface area (Å²) in [4.78, 5) is 14.0. The summed E-state index contributed by atoms with van der Waals surface area (Å²) in [6.07, 6.45) is 1.76. The summed E-state index contributed by atoms with van der Waals surface area (Å²) >= 11 is 12.2. The Balaban J connectivity index is 1.75. The van der Waals surface area contributed by atoms with Crippen molar-refractivity contribution in [3.05, 3.63) is 46.5 Å². The van der Waals surface area contributed by atoms with Gasteiger partial charge in [0.05, 0.1) is 10.0 Å². The van der Waals surface area contributed by atoms with Gasteiger partial charge in [0.2, 0.25) is 0 Å². The maximum absolute atomic E-state index is 12.2. The first-order chi connectivity index (χ1) is 10.7. The van der Waals surface area contributed by atoms with Crippen molar-refractivity contribution in [1.82, 2.24) is 4.90 Å². The van der Waals surface area contributed by atoms with Crippen molar-refractivity contribution in [2.75, 3.05) is 13.1 Å². The molecule has 1 aromatic carbocycles. The molecule has 0 bridgehead atoms. The molecule has 0 radical (unpaired) electrons. The fraction of sp³-hybridized carbons (Fsp3) is 0.500. The van der Waals surface area contributed by atoms with Crippen molar-refractivity contribution >= 4 is 29.3 Å². The normalized spacial score (nSPS) is 29.2. The van der Waals surface area contributed by atoms with E-state index in [2.05, 4.69) is 6.58 Å². The fourth-order valence-electron chi connectivity index (χ4n) is 3.76. The van der Waals surface area contributed by atoms with E-state index in [0.717, 1.165) is 5.56 Å². The predicted octanol–water partition coefficient (Wildman–Crippen LogP) is 4.91. The van der Waals surface area contributed by atoms with Crippen molar-refractivity contribution in [3.8, 4) is 0 Å². The van der Waals surface area contributed by atoms with Crippen molar-refractivity contribution in [2.45, 2.75) is 31.8 Å². The van der Waals surface area contributed by atoms with Crippen molar-refractivity contribution in [2.24, 2.45) is 11.8 Å². The molecular formula is C18H21Cl2NO2. The maximum atomic E-state index is 12.2. The van der Waals surface area contributed by atoms with E-state index >= 15 is 0 Å². The summed E-state index contributed by atoms with van der Waals surface area (Å²) in [7, 11) is 0. The molecule has 1 aliphatic carbocycles. The van der Waals surface area contributed by atoms with Gasteiger partial charge >= 0.3 is 6.09 Å². The van der Waals surface area contributed by atoms with E-state index < -0.39 is 5.60 Å². The van der Waals surface area contributed by atoms with E-state index in [-0.39, 0.29) is 11.5 Å². The van der Waals surface area contributed by atoms with Gasteiger partial charge in [-0.3, -0.25) is 0 Å². The van der Waals surface area contributed by atoms with Crippen LogP contribution in [-0.2, 0) is 10.2 Å². The molecule has 1 aliphatic heterocycles. The largest absolute Gasteiger partial charge is 0.444 e. The SMILES string of the molecule is C=CC1(c2ccc(Cl)c(Cl)c2)[C@@H]2CN(C(=O)OC(C)(C)C)C[C@@H]21. The van der Waals surface area contributed by atoms with Gasteiger partial charge in [0.25, 0.3) is 0 Å². The molecule has 3 rings (SSSR count). The van der Waals surface area contributed by atoms with E-state index in [0.29, 0.717) is 35.0 Å². The lowest BCUT2D eigenvalue weighted by molar-refractivity contribution is 0.0265. The zero-order chi connectivity index (χ0) is 17.0. The number of carbonyl (C=O) groups excluding carboxylic acids is 1. The molecule has 2 aliphatic rings. The Hall–Kier alpha value is -1.19. The Kier molecular flexibility index (Phi) is 3.93. The summed E-state index contributed by atoms with van der Waals surface area (Å²) in [6.45, 7) is 11.0. The summed E-state index contributed by atoms with van der Waals surface area (Å²) in [5.74, 6) is 0.731. The number of amides is 1. The smallest absolute Gasteiger partial charge is 0.410 e. The highest BCUT2D eigenvalue weighted by atomic mass is 35.5. The zero-order valence-electron chi connectivity index (χ0n) is 13.6. The van der Waals surface area contributed by atoms with Crippen LogP contribution < -0.4 is 0 Å². The number of piperidine rings is 1. The minimum Gasteiger partial charge on any atom is -0.444 e. The van der Waals surface area contributed by atoms with E-state index in [1.165, 1.54) is 0 Å². The molecular weight excluding hydrogens is 333 g/mol. The Morgan fingerprint density at radius 3 is 2.39 bits per heavy atom. The first-order valence-electron chi connectivity index (χ1n) is 7.76. The minimum atomic E-state index is -0.469. The molecule has 3 atom stereocenters. The molecule has 1 heterocycles. The quantitative estimate of drug-likeness (QED) is 0.706. The Bertz CT molecular complexity index is 653. The predicted molar refractivity (Wildman–Crippen MR) is 93.1 cm³/mol. The first kappa shape index (κ1) is 16.7. The van der Waals surface area contributed by atoms with Crippen molar-refractivity contribution in [1.29, 1.82) is 0 Å². The number of ether oxygens (including phenoxy) is 1. The van der Waals surface area contributed by atoms with Gasteiger partial charge in [0.1, 0.15) is 5.60 Å². The van der Waals surface area contributed by atoms with Gasteiger partial charge in [-0.2, -0.15) is 0 Å². The average molecular weight is 354 g/mol. The molecule has 5 heteroatoms. The second kappa shape index (κ2) is 5.42. The third-order valence-corrected chi connectivity index (χ3v) is 5.59. The number of rotatable bonds is 2. The van der Waals surface area contributed by atoms with Crippen LogP contribution in [0.2, 0.25) is 10.0 Å². The van der Waals surface area contributed by atoms with Gasteiger partial charge in [0.15, 0.2) is 0 Å². The fourth-order valence-corrected chi connectivity index (χ4v) is 4.06. The van der Waals surface area contributed by atoms with Gasteiger partial charge in [-0.05, 0) is 50.3 Å². The lowest BCUT2D eigenvalue weighted by atomic mass is 9.90. The molecule has 0 spiro atoms. The minimum absolute atomic E-state index is 0.104. The van der Waals surface area contributed by atoms with Crippen LogP contribution >= 0.6 is 23.2 Å². The van der Waals surface area contributed by atoms with E-state index in [1.54, 1.807) is 4.90 Å². The van der Waals surface area contributed by atoms with E-state index in [1.807, 2.05) is 45.0 Å². The molecule has 0 N–H and O–H groups in total. The van der Waals surface area contributed by atoms with Gasteiger partial charge in [-0.15, -0.1) is 6.58 Å². The molecule has 1 aromatic rings. The second-order valence-corrected chi connectivity index (χ2v) is 8.18. The molecule has 1 saturated heterocycles. The zero-order valence-corrected chi connectivity index (χ0v) is 15.1. The van der Waals surface area contributed by atoms with Gasteiger partial charge in [-0.25, -0.2) is 4.79 Å². The number of benzene rings is 1. The van der Waals surface area contributed by atoms with Gasteiger partial charge in [0, 0.05) is 18.5 Å². The number of fused-ring (bicyclic) bond motifs is 1. The molecule has 2 fully saturated rings. The molecule has 23 heavy (non-hydrogen) atoms. The lowest BCUT2D eigenvalue weighted by Crippen LogP contribution is -2.38. The molecule has 1 amide bonds. The number of hydrogen-bond acceptors (Lipinski definition) is 2. The monoisotopic (exact) mass is 353 g/mol. The topological polar surface area (TPSA) is 29.5 Å². The summed E-state index contributed by atoms with van der Waals surface area (Å²) in [6, 6.07) is 5.75. The highest BCUT2D eigenvalue weighted by molar-refractivity contribution is 6.42. The van der Waals surface area contributed by atoms with Crippen LogP contribution in [0.15, 0.2) is 30.9 Å². The molecule has 1 saturated carbocycles. The molecule has 124 valence electrons. The van der Waals surface area contributed by atoms with Gasteiger partial charge in [-0.1, -0.05) is 35.3 Å². The summed E-state index contributed by atoms with van der Waals surface area (Å²) < 4.78 is 5.46. The highest BCUT2D eigenvalue weighted by Gasteiger charge is 2.68. The second-order valence-electron chi connectivity index (χ2n) is 7.36. The molecule has 1 unspecified atom stereocenters. The van der Waals surface area contributed by atoms with Crippen LogP contribution in [0.3, 0.4) is 0 Å². The number of halogens is 2. The highest BCUT2D eigenvalue weighted by Crippen LogP contribution is 2.64. The maximum Gasteiger partial charge on any atom is 0.410 e. The van der Waals surface area contributed by atoms with E-state index in [9.17, 15) is 4.79 Å². The van der Waals surface area contributed by atoms with Crippen molar-refractivity contribution in [3.63, 3.8) is 0 Å². The summed E-state index contributed by atoms with van der Waals surface area (Å²) in [5.41, 5.74) is 0.552. The number of likely N-dealkylation sites (tertiary alicyclic amines) is 1. The van der Waals surface area contributed by atoms with E-state index in [4.69, 9.17) is 27.9 Å². The van der Waals surface area contributed by atoms with Crippen LogP contribution in [0.4, 0.5) is 4.79 Å². The number of carbonyl (C=O) groups is 1. The van der Waals surface area contributed by atoms with Crippen LogP contribution in [0.1, 0.15) is 26.3 Å². The van der Waals surface area contributed by atoms with Crippen LogP contribution in [0.25, 0.3) is 0 Å². The number of hydrogen-bond donors (Lipinski definition) is 0. The Labute approximate surface area is 147 Å². The lowest BCUT2D eigenvalue weighted by Gasteiger charge is -2.28.